The van der Waals surface area contributed by atoms with Crippen molar-refractivity contribution in [2.75, 3.05) is 6.54 Å². The van der Waals surface area contributed by atoms with E-state index in [2.05, 4.69) is 36.8 Å². The SMILES string of the molecule is CCC(C)n1ccc(CC2(O)CC(C)N(C3CC3)C2)n1. The Morgan fingerprint density at radius 1 is 1.50 bits per heavy atom. The van der Waals surface area contributed by atoms with Gasteiger partial charge in [0.15, 0.2) is 0 Å². The third kappa shape index (κ3) is 2.77. The molecule has 0 amide bonds. The molecule has 1 aliphatic heterocycles. The van der Waals surface area contributed by atoms with Gasteiger partial charge in [0, 0.05) is 37.3 Å². The molecule has 3 atom stereocenters. The van der Waals surface area contributed by atoms with Crippen molar-refractivity contribution in [2.24, 2.45) is 0 Å². The van der Waals surface area contributed by atoms with E-state index in [4.69, 9.17) is 0 Å². The largest absolute Gasteiger partial charge is 0.388 e. The molecule has 0 spiro atoms. The molecule has 3 unspecified atom stereocenters. The second-order valence-electron chi connectivity index (χ2n) is 6.90. The smallest absolute Gasteiger partial charge is 0.0844 e. The molecule has 0 bridgehead atoms. The molecule has 20 heavy (non-hydrogen) atoms. The van der Waals surface area contributed by atoms with Crippen molar-refractivity contribution in [3.63, 3.8) is 0 Å². The molecular formula is C16H27N3O. The first-order chi connectivity index (χ1) is 9.50. The first kappa shape index (κ1) is 14.1. The number of aromatic nitrogens is 2. The minimum Gasteiger partial charge on any atom is -0.388 e. The second-order valence-corrected chi connectivity index (χ2v) is 6.90. The van der Waals surface area contributed by atoms with Crippen LogP contribution in [-0.2, 0) is 6.42 Å². The summed E-state index contributed by atoms with van der Waals surface area (Å²) < 4.78 is 2.02. The highest BCUT2D eigenvalue weighted by Gasteiger charge is 2.46. The molecule has 2 fully saturated rings. The third-order valence-corrected chi connectivity index (χ3v) is 4.95. The Kier molecular flexibility index (Phi) is 3.63. The average Bonchev–Trinajstić information content (AvgIpc) is 3.07. The fraction of sp³-hybridized carbons (Fsp3) is 0.812. The van der Waals surface area contributed by atoms with E-state index in [9.17, 15) is 5.11 Å². The van der Waals surface area contributed by atoms with Crippen molar-refractivity contribution in [3.05, 3.63) is 18.0 Å². The van der Waals surface area contributed by atoms with Crippen LogP contribution in [0.15, 0.2) is 12.3 Å². The summed E-state index contributed by atoms with van der Waals surface area (Å²) in [5.41, 5.74) is 0.439. The van der Waals surface area contributed by atoms with E-state index in [0.29, 0.717) is 18.5 Å². The van der Waals surface area contributed by atoms with E-state index >= 15 is 0 Å². The molecule has 4 nitrogen and oxygen atoms in total. The number of β-amino-alcohol motifs (C(OH)–C–C–N with tert-alkyl or cyclic N) is 1. The number of rotatable bonds is 5. The maximum absolute atomic E-state index is 10.9. The molecule has 2 aliphatic rings. The zero-order valence-corrected chi connectivity index (χ0v) is 12.9. The second kappa shape index (κ2) is 5.15. The Morgan fingerprint density at radius 2 is 2.25 bits per heavy atom. The molecule has 1 aromatic heterocycles. The van der Waals surface area contributed by atoms with Crippen LogP contribution in [0, 0.1) is 0 Å². The van der Waals surface area contributed by atoms with Crippen molar-refractivity contribution in [1.82, 2.24) is 14.7 Å². The van der Waals surface area contributed by atoms with Gasteiger partial charge in [-0.2, -0.15) is 5.10 Å². The molecule has 0 aromatic carbocycles. The minimum atomic E-state index is -0.587. The Hall–Kier alpha value is -0.870. The minimum absolute atomic E-state index is 0.434. The molecule has 2 heterocycles. The summed E-state index contributed by atoms with van der Waals surface area (Å²) in [6.45, 7) is 7.41. The van der Waals surface area contributed by atoms with E-state index in [1.807, 2.05) is 10.9 Å². The zero-order valence-electron chi connectivity index (χ0n) is 12.9. The monoisotopic (exact) mass is 277 g/mol. The van der Waals surface area contributed by atoms with Gasteiger partial charge in [-0.05, 0) is 45.6 Å². The van der Waals surface area contributed by atoms with Crippen LogP contribution in [0.4, 0.5) is 0 Å². The van der Waals surface area contributed by atoms with Crippen molar-refractivity contribution < 1.29 is 5.11 Å². The first-order valence-corrected chi connectivity index (χ1v) is 8.03. The summed E-state index contributed by atoms with van der Waals surface area (Å²) >= 11 is 0. The van der Waals surface area contributed by atoms with Crippen LogP contribution in [0.5, 0.6) is 0 Å². The predicted molar refractivity (Wildman–Crippen MR) is 79.7 cm³/mol. The quantitative estimate of drug-likeness (QED) is 0.898. The van der Waals surface area contributed by atoms with Crippen molar-refractivity contribution >= 4 is 0 Å². The maximum atomic E-state index is 10.9. The molecule has 1 saturated heterocycles. The van der Waals surface area contributed by atoms with Crippen LogP contribution in [0.2, 0.25) is 0 Å². The van der Waals surface area contributed by atoms with Gasteiger partial charge in [-0.25, -0.2) is 0 Å². The van der Waals surface area contributed by atoms with Crippen molar-refractivity contribution in [3.8, 4) is 0 Å². The van der Waals surface area contributed by atoms with E-state index in [-0.39, 0.29) is 0 Å². The first-order valence-electron chi connectivity index (χ1n) is 8.03. The lowest BCUT2D eigenvalue weighted by atomic mass is 9.95. The van der Waals surface area contributed by atoms with Gasteiger partial charge in [0.2, 0.25) is 0 Å². The summed E-state index contributed by atoms with van der Waals surface area (Å²) in [4.78, 5) is 2.49. The fourth-order valence-corrected chi connectivity index (χ4v) is 3.49. The Morgan fingerprint density at radius 3 is 2.90 bits per heavy atom. The van der Waals surface area contributed by atoms with Gasteiger partial charge >= 0.3 is 0 Å². The summed E-state index contributed by atoms with van der Waals surface area (Å²) in [6.07, 6.45) is 7.30. The van der Waals surface area contributed by atoms with Gasteiger partial charge in [0.25, 0.3) is 0 Å². The van der Waals surface area contributed by atoms with Crippen LogP contribution < -0.4 is 0 Å². The number of nitrogens with zero attached hydrogens (tertiary/aromatic N) is 3. The van der Waals surface area contributed by atoms with E-state index in [1.165, 1.54) is 12.8 Å². The Labute approximate surface area is 121 Å². The van der Waals surface area contributed by atoms with E-state index in [1.54, 1.807) is 0 Å². The number of hydrogen-bond donors (Lipinski definition) is 1. The fourth-order valence-electron chi connectivity index (χ4n) is 3.49. The summed E-state index contributed by atoms with van der Waals surface area (Å²) in [7, 11) is 0. The highest BCUT2D eigenvalue weighted by Crippen LogP contribution is 2.38. The van der Waals surface area contributed by atoms with E-state index in [0.717, 1.165) is 31.1 Å². The van der Waals surface area contributed by atoms with E-state index < -0.39 is 5.60 Å². The van der Waals surface area contributed by atoms with Gasteiger partial charge in [-0.1, -0.05) is 6.92 Å². The molecule has 1 N–H and O–H groups in total. The number of aliphatic hydroxyl groups is 1. The lowest BCUT2D eigenvalue weighted by Crippen LogP contribution is -2.36. The normalized spacial score (nSPS) is 32.7. The number of hydrogen-bond acceptors (Lipinski definition) is 3. The maximum Gasteiger partial charge on any atom is 0.0844 e. The van der Waals surface area contributed by atoms with Crippen LogP contribution in [-0.4, -0.2) is 44.0 Å². The topological polar surface area (TPSA) is 41.3 Å². The third-order valence-electron chi connectivity index (χ3n) is 4.95. The molecular weight excluding hydrogens is 250 g/mol. The van der Waals surface area contributed by atoms with Gasteiger partial charge in [-0.3, -0.25) is 9.58 Å². The van der Waals surface area contributed by atoms with Crippen molar-refractivity contribution in [2.45, 2.75) is 76.6 Å². The van der Waals surface area contributed by atoms with Gasteiger partial charge < -0.3 is 5.11 Å². The Balaban J connectivity index is 1.66. The summed E-state index contributed by atoms with van der Waals surface area (Å²) in [5.74, 6) is 0. The lowest BCUT2D eigenvalue weighted by Gasteiger charge is -2.23. The highest BCUT2D eigenvalue weighted by atomic mass is 16.3. The summed E-state index contributed by atoms with van der Waals surface area (Å²) in [6, 6.07) is 3.74. The molecule has 0 radical (unpaired) electrons. The predicted octanol–water partition coefficient (Wildman–Crippen LogP) is 2.38. The number of likely N-dealkylation sites (tertiary alicyclic amines) is 1. The Bertz CT molecular complexity index is 468. The average molecular weight is 277 g/mol. The van der Waals surface area contributed by atoms with Crippen LogP contribution >= 0.6 is 0 Å². The van der Waals surface area contributed by atoms with Crippen LogP contribution in [0.1, 0.15) is 58.2 Å². The van der Waals surface area contributed by atoms with Crippen LogP contribution in [0.3, 0.4) is 0 Å². The highest BCUT2D eigenvalue weighted by molar-refractivity contribution is 5.09. The molecule has 1 aliphatic carbocycles. The molecule has 1 saturated carbocycles. The summed E-state index contributed by atoms with van der Waals surface area (Å²) in [5, 5.41) is 15.5. The molecule has 112 valence electrons. The van der Waals surface area contributed by atoms with Gasteiger partial charge in [-0.15, -0.1) is 0 Å². The molecule has 3 rings (SSSR count). The standard InChI is InChI=1S/C16H27N3O/c1-4-12(2)19-8-7-14(17-19)10-16(20)9-13(3)18(11-16)15-5-6-15/h7-8,12-13,15,20H,4-6,9-11H2,1-3H3. The zero-order chi connectivity index (χ0) is 14.3. The lowest BCUT2D eigenvalue weighted by molar-refractivity contribution is 0.0475. The molecule has 4 heteroatoms. The molecule has 1 aromatic rings. The van der Waals surface area contributed by atoms with Crippen LogP contribution in [0.25, 0.3) is 0 Å². The van der Waals surface area contributed by atoms with Crippen molar-refractivity contribution in [1.29, 1.82) is 0 Å². The van der Waals surface area contributed by atoms with Gasteiger partial charge in [0.05, 0.1) is 11.3 Å². The van der Waals surface area contributed by atoms with Gasteiger partial charge in [0.1, 0.15) is 0 Å².